The van der Waals surface area contributed by atoms with Crippen molar-refractivity contribution in [2.45, 2.75) is 45.1 Å². The molecule has 0 radical (unpaired) electrons. The number of ether oxygens (including phenoxy) is 2. The molecule has 0 aliphatic heterocycles. The highest BCUT2D eigenvalue weighted by Crippen LogP contribution is 2.36. The van der Waals surface area contributed by atoms with E-state index in [1.807, 2.05) is 12.1 Å². The Bertz CT molecular complexity index is 482. The molecule has 1 atom stereocenters. The zero-order valence-corrected chi connectivity index (χ0v) is 13.4. The van der Waals surface area contributed by atoms with Gasteiger partial charge in [-0.25, -0.2) is 0 Å². The lowest BCUT2D eigenvalue weighted by Crippen LogP contribution is -2.25. The largest absolute Gasteiger partial charge is 0.497 e. The predicted octanol–water partition coefficient (Wildman–Crippen LogP) is 4.24. The Balaban J connectivity index is 2.36. The lowest BCUT2D eigenvalue weighted by molar-refractivity contribution is 0.392. The van der Waals surface area contributed by atoms with Crippen molar-refractivity contribution in [2.75, 3.05) is 20.8 Å². The molecule has 0 aromatic heterocycles. The number of hydrogen-bond donors (Lipinski definition) is 1. The summed E-state index contributed by atoms with van der Waals surface area (Å²) in [6.07, 6.45) is 8.46. The zero-order chi connectivity index (χ0) is 15.1. The monoisotopic (exact) mass is 289 g/mol. The third-order valence-corrected chi connectivity index (χ3v) is 4.04. The summed E-state index contributed by atoms with van der Waals surface area (Å²) < 4.78 is 11.0. The van der Waals surface area contributed by atoms with E-state index in [0.717, 1.165) is 24.5 Å². The highest BCUT2D eigenvalue weighted by Gasteiger charge is 2.21. The van der Waals surface area contributed by atoms with Crippen molar-refractivity contribution < 1.29 is 9.47 Å². The van der Waals surface area contributed by atoms with Crippen LogP contribution in [0.5, 0.6) is 11.5 Å². The van der Waals surface area contributed by atoms with Crippen LogP contribution in [0.4, 0.5) is 0 Å². The smallest absolute Gasteiger partial charge is 0.124 e. The summed E-state index contributed by atoms with van der Waals surface area (Å²) in [5.74, 6) is 1.81. The van der Waals surface area contributed by atoms with E-state index in [9.17, 15) is 0 Å². The maximum atomic E-state index is 5.57. The van der Waals surface area contributed by atoms with E-state index in [1.165, 1.54) is 36.8 Å². The molecule has 0 saturated heterocycles. The first-order valence-corrected chi connectivity index (χ1v) is 7.94. The van der Waals surface area contributed by atoms with Crippen LogP contribution in [0.3, 0.4) is 0 Å². The molecule has 0 bridgehead atoms. The van der Waals surface area contributed by atoms with Crippen molar-refractivity contribution >= 4 is 0 Å². The van der Waals surface area contributed by atoms with E-state index in [-0.39, 0.29) is 6.04 Å². The van der Waals surface area contributed by atoms with E-state index in [0.29, 0.717) is 0 Å². The topological polar surface area (TPSA) is 30.5 Å². The quantitative estimate of drug-likeness (QED) is 0.761. The molecule has 3 nitrogen and oxygen atoms in total. The molecule has 1 aliphatic rings. The molecule has 1 N–H and O–H groups in total. The Morgan fingerprint density at radius 2 is 2.05 bits per heavy atom. The van der Waals surface area contributed by atoms with Gasteiger partial charge in [-0.05, 0) is 56.8 Å². The highest BCUT2D eigenvalue weighted by atomic mass is 16.5. The fraction of sp³-hybridized carbons (Fsp3) is 0.556. The summed E-state index contributed by atoms with van der Waals surface area (Å²) in [6.45, 7) is 3.20. The van der Waals surface area contributed by atoms with Crippen LogP contribution >= 0.6 is 0 Å². The molecular formula is C18H27NO2. The van der Waals surface area contributed by atoms with Crippen LogP contribution in [0.1, 0.15) is 50.6 Å². The standard InChI is InChI=1S/C18H27NO2/c1-4-12-19-18(14-8-6-5-7-9-14)16-13-15(20-2)10-11-17(16)21-3/h8,10-11,13,18-19H,4-7,9,12H2,1-3H3. The van der Waals surface area contributed by atoms with Gasteiger partial charge in [0, 0.05) is 5.56 Å². The van der Waals surface area contributed by atoms with Crippen molar-refractivity contribution in [3.05, 3.63) is 35.4 Å². The average Bonchev–Trinajstić information content (AvgIpc) is 2.56. The summed E-state index contributed by atoms with van der Waals surface area (Å²) in [4.78, 5) is 0. The molecular weight excluding hydrogens is 262 g/mol. The number of benzene rings is 1. The minimum absolute atomic E-state index is 0.232. The van der Waals surface area contributed by atoms with Crippen molar-refractivity contribution in [1.82, 2.24) is 5.32 Å². The van der Waals surface area contributed by atoms with Crippen molar-refractivity contribution in [3.63, 3.8) is 0 Å². The maximum absolute atomic E-state index is 5.57. The third-order valence-electron chi connectivity index (χ3n) is 4.04. The molecule has 0 fully saturated rings. The summed E-state index contributed by atoms with van der Waals surface area (Å²) in [5.41, 5.74) is 2.67. The molecule has 0 amide bonds. The van der Waals surface area contributed by atoms with Crippen LogP contribution < -0.4 is 14.8 Å². The molecule has 2 rings (SSSR count). The third kappa shape index (κ3) is 4.01. The summed E-state index contributed by atoms with van der Waals surface area (Å²) in [6, 6.07) is 6.28. The van der Waals surface area contributed by atoms with Gasteiger partial charge in [0.2, 0.25) is 0 Å². The lowest BCUT2D eigenvalue weighted by atomic mass is 9.89. The van der Waals surface area contributed by atoms with Crippen LogP contribution in [0.2, 0.25) is 0 Å². The molecule has 0 spiro atoms. The van der Waals surface area contributed by atoms with Gasteiger partial charge < -0.3 is 14.8 Å². The molecule has 1 aromatic rings. The molecule has 0 saturated carbocycles. The van der Waals surface area contributed by atoms with Gasteiger partial charge in [-0.1, -0.05) is 18.6 Å². The second kappa shape index (κ2) is 8.08. The van der Waals surface area contributed by atoms with Gasteiger partial charge in [-0.2, -0.15) is 0 Å². The van der Waals surface area contributed by atoms with E-state index in [1.54, 1.807) is 14.2 Å². The average molecular weight is 289 g/mol. The van der Waals surface area contributed by atoms with Crippen LogP contribution in [-0.4, -0.2) is 20.8 Å². The van der Waals surface area contributed by atoms with E-state index in [2.05, 4.69) is 24.4 Å². The van der Waals surface area contributed by atoms with E-state index < -0.39 is 0 Å². The molecule has 3 heteroatoms. The van der Waals surface area contributed by atoms with Gasteiger partial charge in [0.25, 0.3) is 0 Å². The van der Waals surface area contributed by atoms with Gasteiger partial charge in [-0.3, -0.25) is 0 Å². The van der Waals surface area contributed by atoms with Gasteiger partial charge in [0.05, 0.1) is 20.3 Å². The van der Waals surface area contributed by atoms with Gasteiger partial charge in [0.15, 0.2) is 0 Å². The number of allylic oxidation sites excluding steroid dienone is 1. The van der Waals surface area contributed by atoms with E-state index in [4.69, 9.17) is 9.47 Å². The SMILES string of the molecule is CCCNC(C1=CCCCC1)c1cc(OC)ccc1OC. The molecule has 1 aliphatic carbocycles. The Morgan fingerprint density at radius 1 is 1.19 bits per heavy atom. The first kappa shape index (κ1) is 15.9. The van der Waals surface area contributed by atoms with Crippen molar-refractivity contribution in [1.29, 1.82) is 0 Å². The highest BCUT2D eigenvalue weighted by molar-refractivity contribution is 5.45. The molecule has 1 unspecified atom stereocenters. The fourth-order valence-corrected chi connectivity index (χ4v) is 2.92. The van der Waals surface area contributed by atoms with Crippen LogP contribution in [0.25, 0.3) is 0 Å². The van der Waals surface area contributed by atoms with Gasteiger partial charge in [0.1, 0.15) is 11.5 Å². The van der Waals surface area contributed by atoms with Crippen molar-refractivity contribution in [2.24, 2.45) is 0 Å². The Hall–Kier alpha value is -1.48. The zero-order valence-electron chi connectivity index (χ0n) is 13.4. The fourth-order valence-electron chi connectivity index (χ4n) is 2.92. The molecule has 116 valence electrons. The Kier molecular flexibility index (Phi) is 6.12. The van der Waals surface area contributed by atoms with Gasteiger partial charge in [-0.15, -0.1) is 0 Å². The van der Waals surface area contributed by atoms with Crippen LogP contribution in [-0.2, 0) is 0 Å². The number of methoxy groups -OCH3 is 2. The normalized spacial score (nSPS) is 16.2. The Labute approximate surface area is 128 Å². The number of hydrogen-bond acceptors (Lipinski definition) is 3. The minimum Gasteiger partial charge on any atom is -0.497 e. The first-order chi connectivity index (χ1) is 10.3. The molecule has 1 aromatic carbocycles. The van der Waals surface area contributed by atoms with Crippen LogP contribution in [0, 0.1) is 0 Å². The second-order valence-electron chi connectivity index (χ2n) is 5.52. The summed E-state index contributed by atoms with van der Waals surface area (Å²) >= 11 is 0. The van der Waals surface area contributed by atoms with Gasteiger partial charge >= 0.3 is 0 Å². The Morgan fingerprint density at radius 3 is 2.67 bits per heavy atom. The predicted molar refractivity (Wildman–Crippen MR) is 87.1 cm³/mol. The summed E-state index contributed by atoms with van der Waals surface area (Å²) in [7, 11) is 3.44. The van der Waals surface area contributed by atoms with Crippen molar-refractivity contribution in [3.8, 4) is 11.5 Å². The lowest BCUT2D eigenvalue weighted by Gasteiger charge is -2.26. The number of rotatable bonds is 7. The maximum Gasteiger partial charge on any atom is 0.124 e. The van der Waals surface area contributed by atoms with E-state index >= 15 is 0 Å². The summed E-state index contributed by atoms with van der Waals surface area (Å²) in [5, 5.41) is 3.68. The second-order valence-corrected chi connectivity index (χ2v) is 5.52. The molecule has 21 heavy (non-hydrogen) atoms. The minimum atomic E-state index is 0.232. The molecule has 0 heterocycles. The van der Waals surface area contributed by atoms with Crippen LogP contribution in [0.15, 0.2) is 29.8 Å². The number of nitrogens with one attached hydrogen (secondary N) is 1. The first-order valence-electron chi connectivity index (χ1n) is 7.94.